The molecule has 1 aliphatic carbocycles. The maximum atomic E-state index is 5.97. The van der Waals surface area contributed by atoms with Crippen molar-refractivity contribution >= 4 is 0 Å². The lowest BCUT2D eigenvalue weighted by Crippen LogP contribution is -2.28. The van der Waals surface area contributed by atoms with E-state index in [1.165, 1.54) is 18.4 Å². The van der Waals surface area contributed by atoms with E-state index < -0.39 is 0 Å². The second-order valence-corrected chi connectivity index (χ2v) is 5.26. The molecule has 2 aliphatic rings. The van der Waals surface area contributed by atoms with Crippen LogP contribution in [0.3, 0.4) is 0 Å². The molecule has 1 unspecified atom stereocenters. The number of benzene rings is 1. The quantitative estimate of drug-likeness (QED) is 0.867. The number of hydrogen-bond acceptors (Lipinski definition) is 3. The van der Waals surface area contributed by atoms with Crippen LogP contribution in [0.15, 0.2) is 24.3 Å². The van der Waals surface area contributed by atoms with Gasteiger partial charge in [-0.05, 0) is 43.4 Å². The Bertz CT molecular complexity index is 384. The zero-order valence-electron chi connectivity index (χ0n) is 10.7. The van der Waals surface area contributed by atoms with Crippen LogP contribution in [-0.2, 0) is 11.3 Å². The first-order chi connectivity index (χ1) is 8.90. The van der Waals surface area contributed by atoms with Gasteiger partial charge in [-0.1, -0.05) is 12.1 Å². The van der Waals surface area contributed by atoms with Gasteiger partial charge in [0.05, 0.1) is 6.61 Å². The van der Waals surface area contributed by atoms with Gasteiger partial charge in [0, 0.05) is 19.2 Å². The summed E-state index contributed by atoms with van der Waals surface area (Å²) in [6.45, 7) is 2.55. The van der Waals surface area contributed by atoms with Crippen molar-refractivity contribution in [3.8, 4) is 5.75 Å². The van der Waals surface area contributed by atoms with Gasteiger partial charge in [-0.15, -0.1) is 0 Å². The Kier molecular flexibility index (Phi) is 3.81. The molecule has 3 nitrogen and oxygen atoms in total. The predicted molar refractivity (Wildman–Crippen MR) is 70.8 cm³/mol. The standard InChI is InChI=1S/C15H21NO2/c1-3-12(10-16-13-6-7-13)9-14(4-1)18-15-5-2-8-17-11-15/h1,3-4,9,13,15-16H,2,5-8,10-11H2. The van der Waals surface area contributed by atoms with Crippen molar-refractivity contribution < 1.29 is 9.47 Å². The van der Waals surface area contributed by atoms with E-state index in [-0.39, 0.29) is 6.10 Å². The highest BCUT2D eigenvalue weighted by atomic mass is 16.5. The topological polar surface area (TPSA) is 30.5 Å². The van der Waals surface area contributed by atoms with Crippen molar-refractivity contribution in [2.45, 2.75) is 44.4 Å². The van der Waals surface area contributed by atoms with Crippen LogP contribution in [0, 0.1) is 0 Å². The van der Waals surface area contributed by atoms with E-state index in [0.29, 0.717) is 0 Å². The average molecular weight is 247 g/mol. The van der Waals surface area contributed by atoms with E-state index in [1.807, 2.05) is 6.07 Å². The lowest BCUT2D eigenvalue weighted by molar-refractivity contribution is 0.00740. The first-order valence-electron chi connectivity index (χ1n) is 6.97. The number of ether oxygens (including phenoxy) is 2. The molecule has 0 spiro atoms. The van der Waals surface area contributed by atoms with E-state index in [9.17, 15) is 0 Å². The average Bonchev–Trinajstić information content (AvgIpc) is 3.22. The van der Waals surface area contributed by atoms with Crippen molar-refractivity contribution in [2.24, 2.45) is 0 Å². The highest BCUT2D eigenvalue weighted by Crippen LogP contribution is 2.21. The van der Waals surface area contributed by atoms with Crippen LogP contribution < -0.4 is 10.1 Å². The Morgan fingerprint density at radius 2 is 2.22 bits per heavy atom. The van der Waals surface area contributed by atoms with Crippen LogP contribution >= 0.6 is 0 Å². The Labute approximate surface area is 108 Å². The lowest BCUT2D eigenvalue weighted by Gasteiger charge is -2.23. The molecule has 0 bridgehead atoms. The third-order valence-corrected chi connectivity index (χ3v) is 3.49. The summed E-state index contributed by atoms with van der Waals surface area (Å²) in [5.41, 5.74) is 1.30. The van der Waals surface area contributed by atoms with Gasteiger partial charge in [0.25, 0.3) is 0 Å². The molecule has 1 N–H and O–H groups in total. The Balaban J connectivity index is 1.55. The molecule has 2 fully saturated rings. The van der Waals surface area contributed by atoms with E-state index in [0.717, 1.165) is 44.4 Å². The minimum Gasteiger partial charge on any atom is -0.488 e. The minimum absolute atomic E-state index is 0.227. The van der Waals surface area contributed by atoms with E-state index in [1.54, 1.807) is 0 Å². The highest BCUT2D eigenvalue weighted by molar-refractivity contribution is 5.28. The molecule has 1 aliphatic heterocycles. The summed E-state index contributed by atoms with van der Waals surface area (Å²) >= 11 is 0. The fraction of sp³-hybridized carbons (Fsp3) is 0.600. The second-order valence-electron chi connectivity index (χ2n) is 5.26. The van der Waals surface area contributed by atoms with Crippen LogP contribution in [0.4, 0.5) is 0 Å². The monoisotopic (exact) mass is 247 g/mol. The lowest BCUT2D eigenvalue weighted by atomic mass is 10.1. The van der Waals surface area contributed by atoms with Crippen LogP contribution in [0.2, 0.25) is 0 Å². The number of hydrogen-bond donors (Lipinski definition) is 1. The van der Waals surface area contributed by atoms with Crippen molar-refractivity contribution in [1.82, 2.24) is 5.32 Å². The molecule has 1 aromatic rings. The van der Waals surface area contributed by atoms with Crippen LogP contribution in [-0.4, -0.2) is 25.4 Å². The third kappa shape index (κ3) is 3.47. The molecule has 1 saturated carbocycles. The number of nitrogens with one attached hydrogen (secondary N) is 1. The molecule has 0 amide bonds. The Morgan fingerprint density at radius 3 is 3.00 bits per heavy atom. The Morgan fingerprint density at radius 1 is 1.28 bits per heavy atom. The molecule has 1 atom stereocenters. The van der Waals surface area contributed by atoms with Gasteiger partial charge >= 0.3 is 0 Å². The molecule has 18 heavy (non-hydrogen) atoms. The zero-order chi connectivity index (χ0) is 12.2. The smallest absolute Gasteiger partial charge is 0.122 e. The van der Waals surface area contributed by atoms with Crippen molar-refractivity contribution in [3.63, 3.8) is 0 Å². The van der Waals surface area contributed by atoms with Crippen LogP contribution in [0.5, 0.6) is 5.75 Å². The van der Waals surface area contributed by atoms with Crippen molar-refractivity contribution in [2.75, 3.05) is 13.2 Å². The SMILES string of the molecule is c1cc(CNC2CC2)cc(OC2CCCOC2)c1. The maximum Gasteiger partial charge on any atom is 0.122 e. The number of rotatable bonds is 5. The van der Waals surface area contributed by atoms with Gasteiger partial charge in [0.15, 0.2) is 0 Å². The largest absolute Gasteiger partial charge is 0.488 e. The van der Waals surface area contributed by atoms with E-state index in [2.05, 4.69) is 23.5 Å². The summed E-state index contributed by atoms with van der Waals surface area (Å²) in [5, 5.41) is 3.52. The summed E-state index contributed by atoms with van der Waals surface area (Å²) in [4.78, 5) is 0. The molecular weight excluding hydrogens is 226 g/mol. The molecule has 3 rings (SSSR count). The summed E-state index contributed by atoms with van der Waals surface area (Å²) in [7, 11) is 0. The molecule has 0 aromatic heterocycles. The summed E-state index contributed by atoms with van der Waals surface area (Å²) in [5.74, 6) is 0.973. The Hall–Kier alpha value is -1.06. The van der Waals surface area contributed by atoms with Crippen molar-refractivity contribution in [1.29, 1.82) is 0 Å². The van der Waals surface area contributed by atoms with Gasteiger partial charge in [-0.2, -0.15) is 0 Å². The molecule has 1 saturated heterocycles. The maximum absolute atomic E-state index is 5.97. The third-order valence-electron chi connectivity index (χ3n) is 3.49. The molecule has 0 radical (unpaired) electrons. The second kappa shape index (κ2) is 5.72. The first-order valence-corrected chi connectivity index (χ1v) is 6.97. The summed E-state index contributed by atoms with van der Waals surface area (Å²) in [6, 6.07) is 9.16. The summed E-state index contributed by atoms with van der Waals surface area (Å²) < 4.78 is 11.4. The predicted octanol–water partition coefficient (Wildman–Crippen LogP) is 2.50. The molecule has 1 aromatic carbocycles. The molecule has 1 heterocycles. The van der Waals surface area contributed by atoms with Gasteiger partial charge < -0.3 is 14.8 Å². The summed E-state index contributed by atoms with van der Waals surface area (Å²) in [6.07, 6.45) is 5.09. The van der Waals surface area contributed by atoms with Gasteiger partial charge in [-0.25, -0.2) is 0 Å². The normalized spacial score (nSPS) is 23.9. The first kappa shape index (κ1) is 12.0. The van der Waals surface area contributed by atoms with E-state index >= 15 is 0 Å². The fourth-order valence-corrected chi connectivity index (χ4v) is 2.27. The van der Waals surface area contributed by atoms with Gasteiger partial charge in [0.2, 0.25) is 0 Å². The van der Waals surface area contributed by atoms with E-state index in [4.69, 9.17) is 9.47 Å². The zero-order valence-corrected chi connectivity index (χ0v) is 10.7. The molecule has 3 heteroatoms. The van der Waals surface area contributed by atoms with Gasteiger partial charge in [-0.3, -0.25) is 0 Å². The van der Waals surface area contributed by atoms with Crippen molar-refractivity contribution in [3.05, 3.63) is 29.8 Å². The fourth-order valence-electron chi connectivity index (χ4n) is 2.27. The van der Waals surface area contributed by atoms with Crippen LogP contribution in [0.1, 0.15) is 31.2 Å². The van der Waals surface area contributed by atoms with Gasteiger partial charge in [0.1, 0.15) is 11.9 Å². The molecular formula is C15H21NO2. The molecule has 98 valence electrons. The minimum atomic E-state index is 0.227. The van der Waals surface area contributed by atoms with Crippen LogP contribution in [0.25, 0.3) is 0 Å². The highest BCUT2D eigenvalue weighted by Gasteiger charge is 2.20.